The molecule has 2 aliphatic rings. The standard InChI is InChI=1S/C29H31ClN2O3/c1-19-23(10-7-11-25(19)30)18-31-29(35)22-15-14-21-16-24(20-8-3-2-4-9-20)26(32-27(21)17-22)12-5-6-13-28(33)34/h2-4,7-8,10-11,14-17,19-20,23H,5-6,9,12-13,18H2,1H3,(H,31,35)(H,33,34). The van der Waals surface area contributed by atoms with Gasteiger partial charge in [-0.2, -0.15) is 0 Å². The zero-order valence-corrected chi connectivity index (χ0v) is 20.7. The van der Waals surface area contributed by atoms with Crippen LogP contribution in [0.25, 0.3) is 10.9 Å². The molecule has 0 radical (unpaired) electrons. The number of hydrogen-bond acceptors (Lipinski definition) is 3. The van der Waals surface area contributed by atoms with Gasteiger partial charge in [0.15, 0.2) is 0 Å². The summed E-state index contributed by atoms with van der Waals surface area (Å²) in [6, 6.07) is 7.83. The Morgan fingerprint density at radius 3 is 2.77 bits per heavy atom. The van der Waals surface area contributed by atoms with Gasteiger partial charge in [-0.15, -0.1) is 0 Å². The van der Waals surface area contributed by atoms with Crippen LogP contribution >= 0.6 is 11.6 Å². The van der Waals surface area contributed by atoms with E-state index in [1.54, 1.807) is 0 Å². The largest absolute Gasteiger partial charge is 0.481 e. The number of fused-ring (bicyclic) bond motifs is 1. The van der Waals surface area contributed by atoms with Crippen molar-refractivity contribution in [2.75, 3.05) is 6.54 Å². The summed E-state index contributed by atoms with van der Waals surface area (Å²) in [7, 11) is 0. The Hall–Kier alpha value is -3.18. The van der Waals surface area contributed by atoms with Crippen molar-refractivity contribution < 1.29 is 14.7 Å². The van der Waals surface area contributed by atoms with Gasteiger partial charge in [0.05, 0.1) is 5.52 Å². The van der Waals surface area contributed by atoms with Gasteiger partial charge in [0.1, 0.15) is 0 Å². The van der Waals surface area contributed by atoms with Crippen molar-refractivity contribution in [1.29, 1.82) is 0 Å². The molecule has 2 aromatic rings. The van der Waals surface area contributed by atoms with Crippen molar-refractivity contribution in [1.82, 2.24) is 10.3 Å². The molecule has 0 aliphatic heterocycles. The molecular formula is C29H31ClN2O3. The Labute approximate surface area is 211 Å². The van der Waals surface area contributed by atoms with Crippen LogP contribution in [0.3, 0.4) is 0 Å². The van der Waals surface area contributed by atoms with Crippen LogP contribution in [0, 0.1) is 11.8 Å². The maximum absolute atomic E-state index is 12.9. The molecular weight excluding hydrogens is 460 g/mol. The maximum Gasteiger partial charge on any atom is 0.303 e. The first-order valence-corrected chi connectivity index (χ1v) is 12.6. The fourth-order valence-corrected chi connectivity index (χ4v) is 4.87. The number of nitrogens with zero attached hydrogens (tertiary/aromatic N) is 1. The number of rotatable bonds is 9. The molecule has 35 heavy (non-hydrogen) atoms. The fraction of sp³-hybridized carbons (Fsp3) is 0.345. The van der Waals surface area contributed by atoms with Crippen LogP contribution < -0.4 is 5.32 Å². The second kappa shape index (κ2) is 11.5. The third-order valence-corrected chi connectivity index (χ3v) is 7.29. The minimum atomic E-state index is -0.774. The van der Waals surface area contributed by atoms with Crippen LogP contribution in [0.4, 0.5) is 0 Å². The van der Waals surface area contributed by atoms with Crippen LogP contribution in [-0.4, -0.2) is 28.5 Å². The summed E-state index contributed by atoms with van der Waals surface area (Å²) in [5.74, 6) is -0.323. The van der Waals surface area contributed by atoms with Gasteiger partial charge in [0.25, 0.3) is 5.91 Å². The predicted molar refractivity (Wildman–Crippen MR) is 141 cm³/mol. The smallest absolute Gasteiger partial charge is 0.303 e. The molecule has 2 aliphatic carbocycles. The van der Waals surface area contributed by atoms with E-state index in [4.69, 9.17) is 21.7 Å². The Balaban J connectivity index is 1.53. The Kier molecular flexibility index (Phi) is 8.19. The van der Waals surface area contributed by atoms with E-state index < -0.39 is 5.97 Å². The van der Waals surface area contributed by atoms with E-state index in [2.05, 4.69) is 48.7 Å². The number of nitrogens with one attached hydrogen (secondary N) is 1. The van der Waals surface area contributed by atoms with Gasteiger partial charge in [-0.3, -0.25) is 14.6 Å². The number of carboxylic acids is 1. The molecule has 0 fully saturated rings. The number of aliphatic carboxylic acids is 1. The predicted octanol–water partition coefficient (Wildman–Crippen LogP) is 6.31. The molecule has 2 N–H and O–H groups in total. The van der Waals surface area contributed by atoms with E-state index in [0.29, 0.717) is 24.9 Å². The van der Waals surface area contributed by atoms with Gasteiger partial charge >= 0.3 is 5.97 Å². The van der Waals surface area contributed by atoms with Crippen molar-refractivity contribution in [2.45, 2.75) is 44.9 Å². The summed E-state index contributed by atoms with van der Waals surface area (Å²) in [5.41, 5.74) is 3.51. The number of amides is 1. The van der Waals surface area contributed by atoms with Crippen molar-refractivity contribution >= 4 is 34.4 Å². The van der Waals surface area contributed by atoms with E-state index in [0.717, 1.165) is 34.5 Å². The minimum absolute atomic E-state index is 0.132. The number of unbranched alkanes of at least 4 members (excludes halogenated alkanes) is 1. The van der Waals surface area contributed by atoms with Crippen LogP contribution in [-0.2, 0) is 11.2 Å². The van der Waals surface area contributed by atoms with Crippen LogP contribution in [0.5, 0.6) is 0 Å². The molecule has 0 bridgehead atoms. The maximum atomic E-state index is 12.9. The Morgan fingerprint density at radius 2 is 2.00 bits per heavy atom. The molecule has 3 atom stereocenters. The molecule has 182 valence electrons. The normalized spacial score (nSPS) is 21.2. The van der Waals surface area contributed by atoms with Gasteiger partial charge in [0, 0.05) is 46.5 Å². The van der Waals surface area contributed by atoms with Gasteiger partial charge in [0.2, 0.25) is 0 Å². The van der Waals surface area contributed by atoms with E-state index in [1.165, 1.54) is 5.56 Å². The second-order valence-electron chi connectivity index (χ2n) is 9.29. The minimum Gasteiger partial charge on any atom is -0.481 e. The summed E-state index contributed by atoms with van der Waals surface area (Å²) in [6.45, 7) is 2.58. The molecule has 6 heteroatoms. The van der Waals surface area contributed by atoms with Gasteiger partial charge in [-0.05, 0) is 61.4 Å². The Morgan fingerprint density at radius 1 is 1.14 bits per heavy atom. The third kappa shape index (κ3) is 6.29. The van der Waals surface area contributed by atoms with Crippen molar-refractivity contribution in [3.63, 3.8) is 0 Å². The van der Waals surface area contributed by atoms with Gasteiger partial charge in [-0.1, -0.05) is 61.0 Å². The molecule has 5 nitrogen and oxygen atoms in total. The van der Waals surface area contributed by atoms with Gasteiger partial charge in [-0.25, -0.2) is 0 Å². The molecule has 0 saturated carbocycles. The number of carbonyl (C=O) groups excluding carboxylic acids is 1. The third-order valence-electron chi connectivity index (χ3n) is 6.82. The molecule has 1 aromatic carbocycles. The summed E-state index contributed by atoms with van der Waals surface area (Å²) in [4.78, 5) is 28.8. The SMILES string of the molecule is CC1C(Cl)=CC=CC1CNC(=O)c1ccc2cc(C3C=CC=CC3)c(CCCCC(=O)O)nc2c1. The van der Waals surface area contributed by atoms with E-state index in [1.807, 2.05) is 30.4 Å². The zero-order chi connectivity index (χ0) is 24.8. The summed E-state index contributed by atoms with van der Waals surface area (Å²) >= 11 is 6.26. The van der Waals surface area contributed by atoms with Crippen molar-refractivity contribution in [3.8, 4) is 0 Å². The fourth-order valence-electron chi connectivity index (χ4n) is 4.64. The first-order chi connectivity index (χ1) is 16.9. The zero-order valence-electron chi connectivity index (χ0n) is 19.9. The second-order valence-corrected chi connectivity index (χ2v) is 9.72. The number of hydrogen-bond donors (Lipinski definition) is 2. The van der Waals surface area contributed by atoms with E-state index in [9.17, 15) is 9.59 Å². The molecule has 3 unspecified atom stereocenters. The lowest BCUT2D eigenvalue weighted by Gasteiger charge is -2.23. The van der Waals surface area contributed by atoms with Gasteiger partial charge < -0.3 is 10.4 Å². The highest BCUT2D eigenvalue weighted by Crippen LogP contribution is 2.31. The monoisotopic (exact) mass is 490 g/mol. The number of benzene rings is 1. The van der Waals surface area contributed by atoms with E-state index in [-0.39, 0.29) is 30.1 Å². The molecule has 4 rings (SSSR count). The van der Waals surface area contributed by atoms with Crippen molar-refractivity contribution in [3.05, 3.63) is 88.7 Å². The highest BCUT2D eigenvalue weighted by molar-refractivity contribution is 6.30. The summed E-state index contributed by atoms with van der Waals surface area (Å²) in [5, 5.41) is 13.8. The lowest BCUT2D eigenvalue weighted by atomic mass is 9.89. The number of halogens is 1. The quantitative estimate of drug-likeness (QED) is 0.404. The summed E-state index contributed by atoms with van der Waals surface area (Å²) < 4.78 is 0. The number of aryl methyl sites for hydroxylation is 1. The summed E-state index contributed by atoms with van der Waals surface area (Å²) in [6.07, 6.45) is 17.5. The number of carbonyl (C=O) groups is 2. The number of carboxylic acid groups (broad SMARTS) is 1. The topological polar surface area (TPSA) is 79.3 Å². The average molecular weight is 491 g/mol. The van der Waals surface area contributed by atoms with E-state index >= 15 is 0 Å². The van der Waals surface area contributed by atoms with Crippen LogP contribution in [0.2, 0.25) is 0 Å². The number of allylic oxidation sites excluding steroid dienone is 7. The highest BCUT2D eigenvalue weighted by atomic mass is 35.5. The Bertz CT molecular complexity index is 1230. The van der Waals surface area contributed by atoms with Crippen LogP contribution in [0.15, 0.2) is 71.8 Å². The average Bonchev–Trinajstić information content (AvgIpc) is 2.87. The molecule has 1 amide bonds. The number of pyridine rings is 1. The lowest BCUT2D eigenvalue weighted by Crippen LogP contribution is -2.32. The lowest BCUT2D eigenvalue weighted by molar-refractivity contribution is -0.137. The van der Waals surface area contributed by atoms with Crippen LogP contribution in [0.1, 0.15) is 60.1 Å². The molecule has 1 heterocycles. The molecule has 1 aromatic heterocycles. The first kappa shape index (κ1) is 24.9. The first-order valence-electron chi connectivity index (χ1n) is 12.2. The highest BCUT2D eigenvalue weighted by Gasteiger charge is 2.21. The molecule has 0 saturated heterocycles. The molecule has 0 spiro atoms. The number of aromatic nitrogens is 1. The van der Waals surface area contributed by atoms with Crippen molar-refractivity contribution in [2.24, 2.45) is 11.8 Å².